The Balaban J connectivity index is 2.26. The number of carbonyl (C=O) groups is 1. The summed E-state index contributed by atoms with van der Waals surface area (Å²) in [4.78, 5) is 12.0. The Labute approximate surface area is 148 Å². The summed E-state index contributed by atoms with van der Waals surface area (Å²) in [5.41, 5.74) is 0.771. The monoisotopic (exact) mass is 346 g/mol. The van der Waals surface area contributed by atoms with E-state index in [1.54, 1.807) is 12.1 Å². The molecule has 0 aliphatic heterocycles. The van der Waals surface area contributed by atoms with Crippen molar-refractivity contribution in [3.8, 4) is 5.75 Å². The summed E-state index contributed by atoms with van der Waals surface area (Å²) in [6.45, 7) is 6.06. The van der Waals surface area contributed by atoms with E-state index in [9.17, 15) is 9.90 Å². The molecule has 1 N–H and O–H groups in total. The van der Waals surface area contributed by atoms with Gasteiger partial charge in [-0.25, -0.2) is 4.79 Å². The molecule has 0 radical (unpaired) electrons. The highest BCUT2D eigenvalue weighted by atomic mass is 35.5. The zero-order valence-electron chi connectivity index (χ0n) is 14.3. The highest BCUT2D eigenvalue weighted by Crippen LogP contribution is 2.28. The molecule has 2 aromatic carbocycles. The maximum absolute atomic E-state index is 12.0. The van der Waals surface area contributed by atoms with Crippen LogP contribution in [0.25, 0.3) is 0 Å². The van der Waals surface area contributed by atoms with E-state index in [1.807, 2.05) is 43.3 Å². The lowest BCUT2D eigenvalue weighted by atomic mass is 9.91. The first-order valence-electron chi connectivity index (χ1n) is 8.13. The Morgan fingerprint density at radius 2 is 1.71 bits per heavy atom. The second-order valence-electron chi connectivity index (χ2n) is 6.28. The number of rotatable bonds is 7. The van der Waals surface area contributed by atoms with Crippen LogP contribution >= 0.6 is 11.6 Å². The van der Waals surface area contributed by atoms with Gasteiger partial charge in [0.2, 0.25) is 5.60 Å². The van der Waals surface area contributed by atoms with Crippen LogP contribution in [0.15, 0.2) is 48.5 Å². The number of hydrogen-bond donors (Lipinski definition) is 1. The van der Waals surface area contributed by atoms with Gasteiger partial charge in [0.15, 0.2) is 0 Å². The molecule has 0 unspecified atom stereocenters. The first kappa shape index (κ1) is 18.3. The lowest BCUT2D eigenvalue weighted by molar-refractivity contribution is -0.155. The fourth-order valence-electron chi connectivity index (χ4n) is 2.58. The maximum atomic E-state index is 12.0. The van der Waals surface area contributed by atoms with Crippen molar-refractivity contribution in [2.24, 2.45) is 0 Å². The molecule has 128 valence electrons. The van der Waals surface area contributed by atoms with Crippen LogP contribution in [0.2, 0.25) is 5.02 Å². The van der Waals surface area contributed by atoms with Crippen molar-refractivity contribution in [1.29, 1.82) is 0 Å². The lowest BCUT2D eigenvalue weighted by Gasteiger charge is -2.29. The summed E-state index contributed by atoms with van der Waals surface area (Å²) < 4.78 is 5.95. The van der Waals surface area contributed by atoms with Gasteiger partial charge >= 0.3 is 5.97 Å². The average molecular weight is 347 g/mol. The molecule has 0 fully saturated rings. The van der Waals surface area contributed by atoms with Gasteiger partial charge in [-0.3, -0.25) is 0 Å². The Bertz CT molecular complexity index is 677. The van der Waals surface area contributed by atoms with Crippen LogP contribution in [0.3, 0.4) is 0 Å². The molecule has 24 heavy (non-hydrogen) atoms. The molecule has 0 aliphatic rings. The Kier molecular flexibility index (Phi) is 5.89. The molecule has 0 heterocycles. The molecule has 1 atom stereocenters. The predicted octanol–water partition coefficient (Wildman–Crippen LogP) is 5.32. The van der Waals surface area contributed by atoms with Gasteiger partial charge in [0, 0.05) is 11.4 Å². The largest absolute Gasteiger partial charge is 0.478 e. The third-order valence-corrected chi connectivity index (χ3v) is 4.48. The summed E-state index contributed by atoms with van der Waals surface area (Å²) in [6.07, 6.45) is 0.638. The molecule has 4 heteroatoms. The van der Waals surface area contributed by atoms with Crippen LogP contribution in [-0.2, 0) is 11.2 Å². The normalized spacial score (nSPS) is 13.5. The predicted molar refractivity (Wildman–Crippen MR) is 97.0 cm³/mol. The van der Waals surface area contributed by atoms with Crippen molar-refractivity contribution >= 4 is 17.6 Å². The molecule has 0 bridgehead atoms. The lowest BCUT2D eigenvalue weighted by Crippen LogP contribution is -2.46. The second-order valence-corrected chi connectivity index (χ2v) is 6.72. The minimum absolute atomic E-state index is 0.280. The number of halogens is 1. The number of aliphatic carboxylic acids is 1. The Morgan fingerprint density at radius 1 is 1.12 bits per heavy atom. The van der Waals surface area contributed by atoms with Crippen molar-refractivity contribution in [2.75, 3.05) is 0 Å². The zero-order valence-corrected chi connectivity index (χ0v) is 15.0. The van der Waals surface area contributed by atoms with Crippen molar-refractivity contribution in [3.63, 3.8) is 0 Å². The molecular formula is C20H23ClO3. The minimum Gasteiger partial charge on any atom is -0.478 e. The minimum atomic E-state index is -1.30. The standard InChI is InChI=1S/C20H23ClO3/c1-4-20(19(22)23,13-15-5-9-17(21)10-6-15)24-18-11-7-16(8-12-18)14(2)3/h5-12,14H,4,13H2,1-3H3,(H,22,23)/t20-/m1/s1. The van der Waals surface area contributed by atoms with E-state index < -0.39 is 11.6 Å². The van der Waals surface area contributed by atoms with Crippen molar-refractivity contribution < 1.29 is 14.6 Å². The van der Waals surface area contributed by atoms with E-state index in [2.05, 4.69) is 13.8 Å². The van der Waals surface area contributed by atoms with Gasteiger partial charge in [-0.05, 0) is 47.7 Å². The van der Waals surface area contributed by atoms with E-state index in [0.29, 0.717) is 23.1 Å². The van der Waals surface area contributed by atoms with E-state index in [0.717, 1.165) is 5.56 Å². The van der Waals surface area contributed by atoms with Crippen LogP contribution in [0.5, 0.6) is 5.75 Å². The van der Waals surface area contributed by atoms with Gasteiger partial charge in [0.05, 0.1) is 0 Å². The molecule has 2 aromatic rings. The van der Waals surface area contributed by atoms with Crippen molar-refractivity contribution in [2.45, 2.75) is 45.1 Å². The van der Waals surface area contributed by atoms with E-state index in [1.165, 1.54) is 5.56 Å². The topological polar surface area (TPSA) is 46.5 Å². The summed E-state index contributed by atoms with van der Waals surface area (Å²) in [7, 11) is 0. The van der Waals surface area contributed by atoms with Crippen LogP contribution in [-0.4, -0.2) is 16.7 Å². The van der Waals surface area contributed by atoms with Crippen LogP contribution in [0.1, 0.15) is 44.2 Å². The SMILES string of the molecule is CC[C@](Cc1ccc(Cl)cc1)(Oc1ccc(C(C)C)cc1)C(=O)O. The summed E-state index contributed by atoms with van der Waals surface area (Å²) in [5.74, 6) is 0.0222. The molecule has 3 nitrogen and oxygen atoms in total. The summed E-state index contributed by atoms with van der Waals surface area (Å²) >= 11 is 5.90. The van der Waals surface area contributed by atoms with Gasteiger partial charge in [-0.2, -0.15) is 0 Å². The maximum Gasteiger partial charge on any atom is 0.348 e. The second kappa shape index (κ2) is 7.71. The number of carboxylic acids is 1. The number of ether oxygens (including phenoxy) is 1. The van der Waals surface area contributed by atoms with Crippen LogP contribution in [0.4, 0.5) is 0 Å². The van der Waals surface area contributed by atoms with Crippen LogP contribution < -0.4 is 4.74 Å². The van der Waals surface area contributed by atoms with E-state index in [-0.39, 0.29) is 6.42 Å². The van der Waals surface area contributed by atoms with Crippen LogP contribution in [0, 0.1) is 0 Å². The number of carboxylic acid groups (broad SMARTS) is 1. The third-order valence-electron chi connectivity index (χ3n) is 4.22. The molecule has 0 spiro atoms. The van der Waals surface area contributed by atoms with E-state index in [4.69, 9.17) is 16.3 Å². The molecule has 0 amide bonds. The quantitative estimate of drug-likeness (QED) is 0.738. The van der Waals surface area contributed by atoms with Gasteiger partial charge < -0.3 is 9.84 Å². The zero-order chi connectivity index (χ0) is 17.7. The molecule has 2 rings (SSSR count). The summed E-state index contributed by atoms with van der Waals surface area (Å²) in [5, 5.41) is 10.4. The fourth-order valence-corrected chi connectivity index (χ4v) is 2.71. The Hall–Kier alpha value is -2.00. The first-order chi connectivity index (χ1) is 11.4. The Morgan fingerprint density at radius 3 is 2.17 bits per heavy atom. The third kappa shape index (κ3) is 4.30. The van der Waals surface area contributed by atoms with E-state index >= 15 is 0 Å². The number of benzene rings is 2. The molecule has 0 saturated carbocycles. The first-order valence-corrected chi connectivity index (χ1v) is 8.51. The molecule has 0 aromatic heterocycles. The molecule has 0 saturated heterocycles. The van der Waals surface area contributed by atoms with Gasteiger partial charge in [0.25, 0.3) is 0 Å². The average Bonchev–Trinajstić information content (AvgIpc) is 2.56. The molecule has 0 aliphatic carbocycles. The highest BCUT2D eigenvalue weighted by molar-refractivity contribution is 6.30. The van der Waals surface area contributed by atoms with Gasteiger partial charge in [0.1, 0.15) is 5.75 Å². The van der Waals surface area contributed by atoms with Gasteiger partial charge in [-0.1, -0.05) is 56.6 Å². The van der Waals surface area contributed by atoms with Gasteiger partial charge in [-0.15, -0.1) is 0 Å². The highest BCUT2D eigenvalue weighted by Gasteiger charge is 2.39. The number of hydrogen-bond acceptors (Lipinski definition) is 2. The smallest absolute Gasteiger partial charge is 0.348 e. The molecular weight excluding hydrogens is 324 g/mol. The van der Waals surface area contributed by atoms with Crippen molar-refractivity contribution in [3.05, 3.63) is 64.7 Å². The van der Waals surface area contributed by atoms with Crippen molar-refractivity contribution in [1.82, 2.24) is 0 Å². The summed E-state index contributed by atoms with van der Waals surface area (Å²) in [6, 6.07) is 14.8. The fraction of sp³-hybridized carbons (Fsp3) is 0.350.